The van der Waals surface area contributed by atoms with Gasteiger partial charge in [-0.1, -0.05) is 56.0 Å². The van der Waals surface area contributed by atoms with Gasteiger partial charge in [0.25, 0.3) is 5.56 Å². The molecule has 2 aromatic rings. The lowest BCUT2D eigenvalue weighted by atomic mass is 9.74. The van der Waals surface area contributed by atoms with E-state index in [4.69, 9.17) is 28.2 Å². The standard InChI is InChI=1S/C21H27Cl2N3O/c1-5-21(6-2)10-12-25(13-11-21)19-14(3)20(27)26(15(4)24-19)17-9-7-8-16(22)18(17)23/h7-9H,5-6,10-13H2,1-4H3. The number of anilines is 1. The van der Waals surface area contributed by atoms with E-state index in [0.717, 1.165) is 31.7 Å². The van der Waals surface area contributed by atoms with Gasteiger partial charge >= 0.3 is 0 Å². The summed E-state index contributed by atoms with van der Waals surface area (Å²) in [5, 5.41) is 0.792. The van der Waals surface area contributed by atoms with Gasteiger partial charge in [0, 0.05) is 13.1 Å². The molecule has 0 spiro atoms. The van der Waals surface area contributed by atoms with Crippen molar-refractivity contribution in [3.63, 3.8) is 0 Å². The van der Waals surface area contributed by atoms with E-state index < -0.39 is 0 Å². The Kier molecular flexibility index (Phi) is 5.87. The van der Waals surface area contributed by atoms with Crippen molar-refractivity contribution < 1.29 is 0 Å². The van der Waals surface area contributed by atoms with Gasteiger partial charge in [-0.3, -0.25) is 9.36 Å². The van der Waals surface area contributed by atoms with Crippen LogP contribution in [0.5, 0.6) is 0 Å². The van der Waals surface area contributed by atoms with Crippen LogP contribution < -0.4 is 10.5 Å². The maximum Gasteiger partial charge on any atom is 0.263 e. The number of halogens is 2. The number of rotatable bonds is 4. The molecule has 6 heteroatoms. The van der Waals surface area contributed by atoms with Crippen molar-refractivity contribution in [1.29, 1.82) is 0 Å². The van der Waals surface area contributed by atoms with E-state index in [1.165, 1.54) is 12.8 Å². The Morgan fingerprint density at radius 2 is 1.74 bits per heavy atom. The molecule has 1 aliphatic rings. The van der Waals surface area contributed by atoms with Crippen LogP contribution in [0.3, 0.4) is 0 Å². The first kappa shape index (κ1) is 20.2. The highest BCUT2D eigenvalue weighted by Crippen LogP contribution is 2.39. The first-order valence-corrected chi connectivity index (χ1v) is 10.4. The molecule has 1 aromatic heterocycles. The molecule has 0 amide bonds. The fourth-order valence-electron chi connectivity index (χ4n) is 4.10. The first-order chi connectivity index (χ1) is 12.8. The molecule has 0 radical (unpaired) electrons. The average molecular weight is 408 g/mol. The minimum absolute atomic E-state index is 0.0931. The molecule has 1 saturated heterocycles. The van der Waals surface area contributed by atoms with Gasteiger partial charge in [0.15, 0.2) is 0 Å². The first-order valence-electron chi connectivity index (χ1n) is 9.63. The smallest absolute Gasteiger partial charge is 0.263 e. The van der Waals surface area contributed by atoms with Crippen molar-refractivity contribution in [2.24, 2.45) is 5.41 Å². The zero-order valence-corrected chi connectivity index (χ0v) is 18.0. The van der Waals surface area contributed by atoms with Gasteiger partial charge in [0.1, 0.15) is 11.6 Å². The number of aryl methyl sites for hydroxylation is 1. The van der Waals surface area contributed by atoms with Gasteiger partial charge in [-0.15, -0.1) is 0 Å². The van der Waals surface area contributed by atoms with Gasteiger partial charge in [0.2, 0.25) is 0 Å². The Morgan fingerprint density at radius 3 is 2.33 bits per heavy atom. The van der Waals surface area contributed by atoms with E-state index in [0.29, 0.717) is 32.5 Å². The van der Waals surface area contributed by atoms with E-state index in [1.54, 1.807) is 22.8 Å². The molecule has 0 atom stereocenters. The van der Waals surface area contributed by atoms with Crippen LogP contribution in [-0.4, -0.2) is 22.6 Å². The zero-order valence-electron chi connectivity index (χ0n) is 16.5. The van der Waals surface area contributed by atoms with Crippen molar-refractivity contribution >= 4 is 29.0 Å². The molecule has 0 bridgehead atoms. The molecule has 27 heavy (non-hydrogen) atoms. The fourth-order valence-corrected chi connectivity index (χ4v) is 4.48. The SMILES string of the molecule is CCC1(CC)CCN(c2nc(C)n(-c3cccc(Cl)c3Cl)c(=O)c2C)CC1. The minimum atomic E-state index is -0.0931. The Balaban J connectivity index is 2.00. The van der Waals surface area contributed by atoms with Crippen LogP contribution in [0.15, 0.2) is 23.0 Å². The summed E-state index contributed by atoms with van der Waals surface area (Å²) in [6.07, 6.45) is 4.70. The number of aromatic nitrogens is 2. The number of hydrogen-bond donors (Lipinski definition) is 0. The van der Waals surface area contributed by atoms with Crippen LogP contribution in [0.25, 0.3) is 5.69 Å². The van der Waals surface area contributed by atoms with Crippen LogP contribution in [0, 0.1) is 19.3 Å². The summed E-state index contributed by atoms with van der Waals surface area (Å²) in [6.45, 7) is 10.1. The maximum atomic E-state index is 13.2. The summed E-state index contributed by atoms with van der Waals surface area (Å²) in [5.41, 5.74) is 1.56. The normalized spacial score (nSPS) is 16.6. The molecule has 0 N–H and O–H groups in total. The van der Waals surface area contributed by atoms with Crippen molar-refractivity contribution in [2.75, 3.05) is 18.0 Å². The summed E-state index contributed by atoms with van der Waals surface area (Å²) in [7, 11) is 0. The Bertz CT molecular complexity index is 893. The van der Waals surface area contributed by atoms with Crippen LogP contribution in [-0.2, 0) is 0 Å². The third-order valence-corrected chi connectivity index (χ3v) is 7.06. The third kappa shape index (κ3) is 3.62. The lowest BCUT2D eigenvalue weighted by Crippen LogP contribution is -2.41. The Morgan fingerprint density at radius 1 is 1.11 bits per heavy atom. The van der Waals surface area contributed by atoms with Crippen molar-refractivity contribution in [1.82, 2.24) is 9.55 Å². The molecule has 3 rings (SSSR count). The molecule has 0 unspecified atom stereocenters. The third-order valence-electron chi connectivity index (χ3n) is 6.25. The van der Waals surface area contributed by atoms with Crippen LogP contribution >= 0.6 is 23.2 Å². The topological polar surface area (TPSA) is 38.1 Å². The van der Waals surface area contributed by atoms with Crippen LogP contribution in [0.1, 0.15) is 50.9 Å². The van der Waals surface area contributed by atoms with E-state index in [-0.39, 0.29) is 5.56 Å². The highest BCUT2D eigenvalue weighted by atomic mass is 35.5. The van der Waals surface area contributed by atoms with Crippen LogP contribution in [0.4, 0.5) is 5.82 Å². The molecule has 1 fully saturated rings. The molecular weight excluding hydrogens is 381 g/mol. The molecule has 146 valence electrons. The Hall–Kier alpha value is -1.52. The number of hydrogen-bond acceptors (Lipinski definition) is 3. The average Bonchev–Trinajstić information content (AvgIpc) is 2.68. The van der Waals surface area contributed by atoms with Gasteiger partial charge < -0.3 is 4.90 Å². The lowest BCUT2D eigenvalue weighted by molar-refractivity contribution is 0.199. The van der Waals surface area contributed by atoms with E-state index in [2.05, 4.69) is 18.7 Å². The summed E-state index contributed by atoms with van der Waals surface area (Å²) in [6, 6.07) is 5.30. The van der Waals surface area contributed by atoms with Crippen LogP contribution in [0.2, 0.25) is 10.0 Å². The molecular formula is C21H27Cl2N3O. The number of nitrogens with zero attached hydrogens (tertiary/aromatic N) is 3. The van der Waals surface area contributed by atoms with Gasteiger partial charge in [-0.2, -0.15) is 0 Å². The van der Waals surface area contributed by atoms with Gasteiger partial charge in [-0.05, 0) is 44.2 Å². The van der Waals surface area contributed by atoms with E-state index in [1.807, 2.05) is 13.8 Å². The summed E-state index contributed by atoms with van der Waals surface area (Å²) in [4.78, 5) is 20.2. The fraction of sp³-hybridized carbons (Fsp3) is 0.524. The second-order valence-electron chi connectivity index (χ2n) is 7.52. The van der Waals surface area contributed by atoms with Gasteiger partial charge in [-0.25, -0.2) is 4.98 Å². The lowest BCUT2D eigenvalue weighted by Gasteiger charge is -2.41. The largest absolute Gasteiger partial charge is 0.356 e. The Labute approximate surface area is 171 Å². The molecule has 0 aliphatic carbocycles. The zero-order chi connectivity index (χ0) is 19.8. The van der Waals surface area contributed by atoms with Crippen molar-refractivity contribution in [2.45, 2.75) is 53.4 Å². The molecule has 0 saturated carbocycles. The second-order valence-corrected chi connectivity index (χ2v) is 8.30. The summed E-state index contributed by atoms with van der Waals surface area (Å²) in [5.74, 6) is 1.42. The summed E-state index contributed by atoms with van der Waals surface area (Å²) < 4.78 is 1.55. The molecule has 2 heterocycles. The monoisotopic (exact) mass is 407 g/mol. The molecule has 4 nitrogen and oxygen atoms in total. The van der Waals surface area contributed by atoms with Gasteiger partial charge in [0.05, 0.1) is 21.3 Å². The van der Waals surface area contributed by atoms with Crippen molar-refractivity contribution in [3.05, 3.63) is 50.0 Å². The number of benzene rings is 1. The maximum absolute atomic E-state index is 13.2. The quantitative estimate of drug-likeness (QED) is 0.665. The summed E-state index contributed by atoms with van der Waals surface area (Å²) >= 11 is 12.5. The number of piperidine rings is 1. The van der Waals surface area contributed by atoms with Crippen molar-refractivity contribution in [3.8, 4) is 5.69 Å². The molecule has 1 aliphatic heterocycles. The minimum Gasteiger partial charge on any atom is -0.356 e. The van der Waals surface area contributed by atoms with E-state index in [9.17, 15) is 4.79 Å². The molecule has 1 aromatic carbocycles. The second kappa shape index (κ2) is 7.84. The highest BCUT2D eigenvalue weighted by molar-refractivity contribution is 6.43. The van der Waals surface area contributed by atoms with E-state index >= 15 is 0 Å². The predicted molar refractivity (Wildman–Crippen MR) is 114 cm³/mol. The predicted octanol–water partition coefficient (Wildman–Crippen LogP) is 5.56. The highest BCUT2D eigenvalue weighted by Gasteiger charge is 2.32.